The van der Waals surface area contributed by atoms with Crippen molar-refractivity contribution in [3.05, 3.63) is 28.2 Å². The number of likely N-dealkylation sites (N-methyl/N-ethyl adjacent to an activating group) is 1. The number of aliphatic hydroxyl groups is 1. The maximum absolute atomic E-state index is 9.41. The average Bonchev–Trinajstić information content (AvgIpc) is 2.54. The first kappa shape index (κ1) is 12.9. The predicted octanol–water partition coefficient (Wildman–Crippen LogP) is 2.08. The highest BCUT2D eigenvalue weighted by atomic mass is 79.9. The Balaban J connectivity index is 2.22. The predicted molar refractivity (Wildman–Crippen MR) is 74.4 cm³/mol. The lowest BCUT2D eigenvalue weighted by molar-refractivity contribution is 0.282. The van der Waals surface area contributed by atoms with Crippen LogP contribution in [0.1, 0.15) is 12.0 Å². The van der Waals surface area contributed by atoms with Crippen molar-refractivity contribution in [2.24, 2.45) is 0 Å². The maximum atomic E-state index is 9.41. The van der Waals surface area contributed by atoms with E-state index in [1.807, 2.05) is 12.1 Å². The zero-order chi connectivity index (χ0) is 12.3. The van der Waals surface area contributed by atoms with Crippen LogP contribution in [0.25, 0.3) is 0 Å². The van der Waals surface area contributed by atoms with Crippen LogP contribution in [0.2, 0.25) is 0 Å². The summed E-state index contributed by atoms with van der Waals surface area (Å²) < 4.78 is 1.07. The smallest absolute Gasteiger partial charge is 0.0702 e. The normalized spacial score (nSPS) is 18.2. The summed E-state index contributed by atoms with van der Waals surface area (Å²) in [5, 5.41) is 9.41. The molecule has 1 aromatic rings. The summed E-state index contributed by atoms with van der Waals surface area (Å²) in [5.41, 5.74) is 2.18. The summed E-state index contributed by atoms with van der Waals surface area (Å²) in [4.78, 5) is 4.73. The molecule has 1 aliphatic rings. The second-order valence-corrected chi connectivity index (χ2v) is 5.49. The molecule has 0 atom stereocenters. The zero-order valence-electron chi connectivity index (χ0n) is 10.2. The zero-order valence-corrected chi connectivity index (χ0v) is 11.8. The molecule has 0 radical (unpaired) electrons. The van der Waals surface area contributed by atoms with Crippen molar-refractivity contribution < 1.29 is 5.11 Å². The summed E-state index contributed by atoms with van der Waals surface area (Å²) in [5.74, 6) is 0. The van der Waals surface area contributed by atoms with Crippen molar-refractivity contribution in [3.63, 3.8) is 0 Å². The second-order valence-electron chi connectivity index (χ2n) is 4.58. The number of halogens is 1. The summed E-state index contributed by atoms with van der Waals surface area (Å²) >= 11 is 3.50. The van der Waals surface area contributed by atoms with Gasteiger partial charge in [0.2, 0.25) is 0 Å². The van der Waals surface area contributed by atoms with Crippen molar-refractivity contribution in [3.8, 4) is 0 Å². The lowest BCUT2D eigenvalue weighted by atomic mass is 10.1. The van der Waals surface area contributed by atoms with Gasteiger partial charge in [-0.25, -0.2) is 0 Å². The fraction of sp³-hybridized carbons (Fsp3) is 0.538. The highest BCUT2D eigenvalue weighted by Gasteiger charge is 2.15. The maximum Gasteiger partial charge on any atom is 0.0702 e. The first-order valence-electron chi connectivity index (χ1n) is 6.03. The number of aliphatic hydroxyl groups excluding tert-OH is 1. The molecular formula is C13H19BrN2O. The third-order valence-corrected chi connectivity index (χ3v) is 3.77. The third-order valence-electron chi connectivity index (χ3n) is 3.28. The van der Waals surface area contributed by atoms with E-state index >= 15 is 0 Å². The van der Waals surface area contributed by atoms with Gasteiger partial charge in [-0.15, -0.1) is 0 Å². The number of hydrogen-bond donors (Lipinski definition) is 1. The Bertz CT molecular complexity index is 384. The highest BCUT2D eigenvalue weighted by molar-refractivity contribution is 9.10. The van der Waals surface area contributed by atoms with Crippen LogP contribution >= 0.6 is 15.9 Å². The molecule has 0 amide bonds. The van der Waals surface area contributed by atoms with Gasteiger partial charge in [0.15, 0.2) is 0 Å². The fourth-order valence-corrected chi connectivity index (χ4v) is 2.60. The van der Waals surface area contributed by atoms with Crippen molar-refractivity contribution in [2.45, 2.75) is 13.0 Å². The Hall–Kier alpha value is -0.580. The molecule has 94 valence electrons. The molecule has 0 aromatic heterocycles. The van der Waals surface area contributed by atoms with Gasteiger partial charge < -0.3 is 14.9 Å². The van der Waals surface area contributed by atoms with Crippen LogP contribution in [0.15, 0.2) is 22.7 Å². The first-order chi connectivity index (χ1) is 8.20. The van der Waals surface area contributed by atoms with Crippen LogP contribution in [0.4, 0.5) is 5.69 Å². The monoisotopic (exact) mass is 298 g/mol. The molecule has 1 N–H and O–H groups in total. The summed E-state index contributed by atoms with van der Waals surface area (Å²) in [6.07, 6.45) is 1.17. The Kier molecular flexibility index (Phi) is 4.42. The minimum absolute atomic E-state index is 0.106. The number of nitrogens with zero attached hydrogens (tertiary/aromatic N) is 2. The minimum atomic E-state index is 0.106. The molecule has 17 heavy (non-hydrogen) atoms. The standard InChI is InChI=1S/C13H19BrN2O/c1-15-5-2-6-16(8-7-15)13-9-12(14)4-3-11(13)10-17/h3-4,9,17H,2,5-8,10H2,1H3. The van der Waals surface area contributed by atoms with Crippen molar-refractivity contribution in [1.82, 2.24) is 4.90 Å². The van der Waals surface area contributed by atoms with Gasteiger partial charge in [-0.2, -0.15) is 0 Å². The van der Waals surface area contributed by atoms with Crippen LogP contribution < -0.4 is 4.90 Å². The van der Waals surface area contributed by atoms with E-state index in [9.17, 15) is 5.11 Å². The quantitative estimate of drug-likeness (QED) is 0.906. The Morgan fingerprint density at radius 3 is 2.82 bits per heavy atom. The van der Waals surface area contributed by atoms with Crippen LogP contribution in [-0.4, -0.2) is 43.2 Å². The topological polar surface area (TPSA) is 26.7 Å². The molecule has 1 aromatic carbocycles. The summed E-state index contributed by atoms with van der Waals surface area (Å²) in [7, 11) is 2.16. The van der Waals surface area contributed by atoms with Gasteiger partial charge >= 0.3 is 0 Å². The van der Waals surface area contributed by atoms with Gasteiger partial charge in [0.1, 0.15) is 0 Å². The molecule has 1 fully saturated rings. The van der Waals surface area contributed by atoms with Crippen LogP contribution in [-0.2, 0) is 6.61 Å². The molecule has 0 aliphatic carbocycles. The molecule has 2 rings (SSSR count). The largest absolute Gasteiger partial charge is 0.392 e. The molecule has 0 spiro atoms. The van der Waals surface area contributed by atoms with Crippen LogP contribution in [0.3, 0.4) is 0 Å². The highest BCUT2D eigenvalue weighted by Crippen LogP contribution is 2.26. The number of anilines is 1. The van der Waals surface area contributed by atoms with E-state index < -0.39 is 0 Å². The number of hydrogen-bond acceptors (Lipinski definition) is 3. The van der Waals surface area contributed by atoms with Crippen LogP contribution in [0, 0.1) is 0 Å². The Labute approximate surface area is 111 Å². The molecule has 0 bridgehead atoms. The average molecular weight is 299 g/mol. The molecule has 1 saturated heterocycles. The van der Waals surface area contributed by atoms with E-state index in [0.29, 0.717) is 0 Å². The Morgan fingerprint density at radius 1 is 1.24 bits per heavy atom. The molecule has 1 heterocycles. The molecule has 0 unspecified atom stereocenters. The lowest BCUT2D eigenvalue weighted by Crippen LogP contribution is -2.29. The molecule has 4 heteroatoms. The molecule has 3 nitrogen and oxygen atoms in total. The Morgan fingerprint density at radius 2 is 2.06 bits per heavy atom. The third kappa shape index (κ3) is 3.21. The van der Waals surface area contributed by atoms with Crippen LogP contribution in [0.5, 0.6) is 0 Å². The van der Waals surface area contributed by atoms with Crippen molar-refractivity contribution in [2.75, 3.05) is 38.1 Å². The second kappa shape index (κ2) is 5.85. The van der Waals surface area contributed by atoms with Crippen molar-refractivity contribution in [1.29, 1.82) is 0 Å². The molecule has 0 saturated carbocycles. The van der Waals surface area contributed by atoms with Gasteiger partial charge in [-0.1, -0.05) is 22.0 Å². The van der Waals surface area contributed by atoms with Gasteiger partial charge in [0.05, 0.1) is 6.61 Å². The molecule has 1 aliphatic heterocycles. The van der Waals surface area contributed by atoms with Gasteiger partial charge in [0, 0.05) is 35.4 Å². The minimum Gasteiger partial charge on any atom is -0.392 e. The van der Waals surface area contributed by atoms with E-state index in [-0.39, 0.29) is 6.61 Å². The number of rotatable bonds is 2. The van der Waals surface area contributed by atoms with E-state index in [2.05, 4.69) is 38.8 Å². The van der Waals surface area contributed by atoms with Gasteiger partial charge in [-0.3, -0.25) is 0 Å². The van der Waals surface area contributed by atoms with Crippen molar-refractivity contribution >= 4 is 21.6 Å². The van der Waals surface area contributed by atoms with E-state index in [4.69, 9.17) is 0 Å². The summed E-state index contributed by atoms with van der Waals surface area (Å²) in [6, 6.07) is 6.09. The van der Waals surface area contributed by atoms with E-state index in [0.717, 1.165) is 41.9 Å². The summed E-state index contributed by atoms with van der Waals surface area (Å²) in [6.45, 7) is 4.43. The fourth-order valence-electron chi connectivity index (χ4n) is 2.25. The first-order valence-corrected chi connectivity index (χ1v) is 6.83. The molecular weight excluding hydrogens is 280 g/mol. The van der Waals surface area contributed by atoms with Gasteiger partial charge in [0.25, 0.3) is 0 Å². The van der Waals surface area contributed by atoms with E-state index in [1.54, 1.807) is 0 Å². The SMILES string of the molecule is CN1CCCN(c2cc(Br)ccc2CO)CC1. The number of benzene rings is 1. The van der Waals surface area contributed by atoms with Gasteiger partial charge in [-0.05, 0) is 32.1 Å². The lowest BCUT2D eigenvalue weighted by Gasteiger charge is -2.25. The van der Waals surface area contributed by atoms with E-state index in [1.165, 1.54) is 6.42 Å².